The van der Waals surface area contributed by atoms with Crippen molar-refractivity contribution in [3.05, 3.63) is 53.3 Å². The molecule has 0 aliphatic rings. The third-order valence-corrected chi connectivity index (χ3v) is 2.86. The van der Waals surface area contributed by atoms with Crippen LogP contribution in [0, 0.1) is 12.7 Å². The van der Waals surface area contributed by atoms with E-state index in [1.165, 1.54) is 25.3 Å². The number of carbonyl (C=O) groups is 1. The Morgan fingerprint density at radius 3 is 2.65 bits per heavy atom. The number of anilines is 2. The minimum absolute atomic E-state index is 0.328. The molecule has 0 spiro atoms. The van der Waals surface area contributed by atoms with Crippen LogP contribution < -0.4 is 15.8 Å². The van der Waals surface area contributed by atoms with Crippen LogP contribution in [-0.2, 0) is 0 Å². The molecule has 3 N–H and O–H groups in total. The van der Waals surface area contributed by atoms with Gasteiger partial charge in [0.25, 0.3) is 5.91 Å². The molecule has 0 radical (unpaired) electrons. The van der Waals surface area contributed by atoms with E-state index in [-0.39, 0.29) is 11.7 Å². The quantitative estimate of drug-likeness (QED) is 0.846. The zero-order valence-electron chi connectivity index (χ0n) is 11.2. The first kappa shape index (κ1) is 13.9. The maximum Gasteiger partial charge on any atom is 0.255 e. The summed E-state index contributed by atoms with van der Waals surface area (Å²) in [6, 6.07) is 8.94. The van der Waals surface area contributed by atoms with Crippen molar-refractivity contribution < 1.29 is 13.9 Å². The van der Waals surface area contributed by atoms with Crippen LogP contribution in [0.1, 0.15) is 15.9 Å². The van der Waals surface area contributed by atoms with Crippen molar-refractivity contribution in [1.82, 2.24) is 0 Å². The van der Waals surface area contributed by atoms with E-state index in [0.29, 0.717) is 28.3 Å². The minimum atomic E-state index is -0.342. The monoisotopic (exact) mass is 274 g/mol. The average molecular weight is 274 g/mol. The Hall–Kier alpha value is -2.56. The van der Waals surface area contributed by atoms with Crippen molar-refractivity contribution in [2.75, 3.05) is 18.2 Å². The number of hydrogen-bond donors (Lipinski definition) is 2. The fourth-order valence-electron chi connectivity index (χ4n) is 1.83. The highest BCUT2D eigenvalue weighted by atomic mass is 19.1. The molecule has 0 aliphatic carbocycles. The maximum absolute atomic E-state index is 13.0. The van der Waals surface area contributed by atoms with Crippen LogP contribution in [-0.4, -0.2) is 13.0 Å². The van der Waals surface area contributed by atoms with Gasteiger partial charge in [-0.05, 0) is 42.8 Å². The lowest BCUT2D eigenvalue weighted by molar-refractivity contribution is 0.102. The van der Waals surface area contributed by atoms with Gasteiger partial charge in [-0.3, -0.25) is 4.79 Å². The Kier molecular flexibility index (Phi) is 3.89. The van der Waals surface area contributed by atoms with E-state index in [9.17, 15) is 9.18 Å². The summed E-state index contributed by atoms with van der Waals surface area (Å²) in [7, 11) is 1.50. The first-order valence-electron chi connectivity index (χ1n) is 6.01. The second kappa shape index (κ2) is 5.61. The number of methoxy groups -OCH3 is 1. The number of benzene rings is 2. The highest BCUT2D eigenvalue weighted by Crippen LogP contribution is 2.21. The van der Waals surface area contributed by atoms with Crippen molar-refractivity contribution in [3.8, 4) is 5.75 Å². The highest BCUT2D eigenvalue weighted by molar-refractivity contribution is 6.05. The number of ether oxygens (including phenoxy) is 1. The number of carbonyl (C=O) groups excluding carboxylic acids is 1. The lowest BCUT2D eigenvalue weighted by atomic mass is 10.1. The predicted octanol–water partition coefficient (Wildman–Crippen LogP) is 2.98. The van der Waals surface area contributed by atoms with Crippen LogP contribution in [0.5, 0.6) is 5.75 Å². The summed E-state index contributed by atoms with van der Waals surface area (Å²) in [4.78, 5) is 12.2. The van der Waals surface area contributed by atoms with Crippen LogP contribution >= 0.6 is 0 Å². The predicted molar refractivity (Wildman–Crippen MR) is 76.5 cm³/mol. The molecule has 20 heavy (non-hydrogen) atoms. The largest absolute Gasteiger partial charge is 0.497 e. The van der Waals surface area contributed by atoms with Crippen molar-refractivity contribution in [2.45, 2.75) is 6.92 Å². The summed E-state index contributed by atoms with van der Waals surface area (Å²) >= 11 is 0. The van der Waals surface area contributed by atoms with Crippen molar-refractivity contribution in [3.63, 3.8) is 0 Å². The molecule has 0 saturated carbocycles. The van der Waals surface area contributed by atoms with Crippen LogP contribution in [0.2, 0.25) is 0 Å². The summed E-state index contributed by atoms with van der Waals surface area (Å²) in [6.07, 6.45) is 0. The Balaban J connectivity index is 2.26. The number of aryl methyl sites for hydroxylation is 1. The molecular formula is C15H15FN2O2. The summed E-state index contributed by atoms with van der Waals surface area (Å²) in [5.41, 5.74) is 7.72. The number of nitrogen functional groups attached to an aromatic ring is 1. The lowest BCUT2D eigenvalue weighted by Crippen LogP contribution is -2.13. The fourth-order valence-corrected chi connectivity index (χ4v) is 1.83. The van der Waals surface area contributed by atoms with Gasteiger partial charge in [-0.2, -0.15) is 0 Å². The van der Waals surface area contributed by atoms with Crippen LogP contribution in [0.3, 0.4) is 0 Å². The van der Waals surface area contributed by atoms with Gasteiger partial charge < -0.3 is 15.8 Å². The van der Waals surface area contributed by atoms with E-state index in [1.54, 1.807) is 25.1 Å². The molecule has 1 amide bonds. The Morgan fingerprint density at radius 2 is 2.00 bits per heavy atom. The minimum Gasteiger partial charge on any atom is -0.497 e. The van der Waals surface area contributed by atoms with Gasteiger partial charge in [0.1, 0.15) is 11.6 Å². The zero-order chi connectivity index (χ0) is 14.7. The third-order valence-electron chi connectivity index (χ3n) is 2.86. The molecule has 0 fully saturated rings. The van der Waals surface area contributed by atoms with Crippen LogP contribution in [0.4, 0.5) is 15.8 Å². The summed E-state index contributed by atoms with van der Waals surface area (Å²) in [5, 5.41) is 2.72. The Labute approximate surface area is 116 Å². The second-order valence-electron chi connectivity index (χ2n) is 4.41. The van der Waals surface area contributed by atoms with Gasteiger partial charge in [-0.15, -0.1) is 0 Å². The van der Waals surface area contributed by atoms with Gasteiger partial charge in [0.2, 0.25) is 0 Å². The third kappa shape index (κ3) is 3.06. The molecule has 0 saturated heterocycles. The molecule has 0 aliphatic heterocycles. The number of hydrogen-bond acceptors (Lipinski definition) is 3. The smallest absolute Gasteiger partial charge is 0.255 e. The zero-order valence-corrected chi connectivity index (χ0v) is 11.2. The maximum atomic E-state index is 13.0. The van der Waals surface area contributed by atoms with Crippen molar-refractivity contribution in [1.29, 1.82) is 0 Å². The van der Waals surface area contributed by atoms with Crippen molar-refractivity contribution in [2.24, 2.45) is 0 Å². The molecule has 0 aromatic heterocycles. The summed E-state index contributed by atoms with van der Waals surface area (Å²) in [5.74, 6) is -0.164. The Bertz CT molecular complexity index is 656. The molecule has 0 atom stereocenters. The molecular weight excluding hydrogens is 259 g/mol. The normalized spacial score (nSPS) is 10.2. The van der Waals surface area contributed by atoms with E-state index in [1.807, 2.05) is 0 Å². The summed E-state index contributed by atoms with van der Waals surface area (Å²) in [6.45, 7) is 1.72. The standard InChI is InChI=1S/C15H15FN2O2/c1-9-5-11(16)3-4-14(9)18-15(19)10-6-12(17)8-13(7-10)20-2/h3-8H,17H2,1-2H3,(H,18,19). The topological polar surface area (TPSA) is 64.3 Å². The molecule has 104 valence electrons. The number of nitrogens with one attached hydrogen (secondary N) is 1. The molecule has 2 rings (SSSR count). The molecule has 0 unspecified atom stereocenters. The van der Waals surface area contributed by atoms with E-state index in [2.05, 4.69) is 5.32 Å². The molecule has 4 nitrogen and oxygen atoms in total. The number of halogens is 1. The molecule has 2 aromatic rings. The van der Waals surface area contributed by atoms with Crippen LogP contribution in [0.25, 0.3) is 0 Å². The Morgan fingerprint density at radius 1 is 1.25 bits per heavy atom. The average Bonchev–Trinajstić information content (AvgIpc) is 2.41. The molecule has 2 aromatic carbocycles. The number of amides is 1. The van der Waals surface area contributed by atoms with E-state index in [0.717, 1.165) is 0 Å². The number of nitrogens with two attached hydrogens (primary N) is 1. The van der Waals surface area contributed by atoms with Crippen LogP contribution in [0.15, 0.2) is 36.4 Å². The van der Waals surface area contributed by atoms with Gasteiger partial charge in [0.05, 0.1) is 7.11 Å². The van der Waals surface area contributed by atoms with Gasteiger partial charge >= 0.3 is 0 Å². The number of rotatable bonds is 3. The second-order valence-corrected chi connectivity index (χ2v) is 4.41. The highest BCUT2D eigenvalue weighted by Gasteiger charge is 2.10. The van der Waals surface area contributed by atoms with Gasteiger partial charge in [-0.25, -0.2) is 4.39 Å². The van der Waals surface area contributed by atoms with E-state index >= 15 is 0 Å². The van der Waals surface area contributed by atoms with Gasteiger partial charge in [-0.1, -0.05) is 0 Å². The van der Waals surface area contributed by atoms with Gasteiger partial charge in [0, 0.05) is 23.0 Å². The fraction of sp³-hybridized carbons (Fsp3) is 0.133. The SMILES string of the molecule is COc1cc(N)cc(C(=O)Nc2ccc(F)cc2C)c1. The molecule has 0 heterocycles. The first-order valence-corrected chi connectivity index (χ1v) is 6.01. The summed E-state index contributed by atoms with van der Waals surface area (Å²) < 4.78 is 18.1. The van der Waals surface area contributed by atoms with E-state index < -0.39 is 0 Å². The first-order chi connectivity index (χ1) is 9.49. The van der Waals surface area contributed by atoms with E-state index in [4.69, 9.17) is 10.5 Å². The van der Waals surface area contributed by atoms with Gasteiger partial charge in [0.15, 0.2) is 0 Å². The lowest BCUT2D eigenvalue weighted by Gasteiger charge is -2.10. The molecule has 0 bridgehead atoms. The van der Waals surface area contributed by atoms with Crippen molar-refractivity contribution >= 4 is 17.3 Å². The molecule has 5 heteroatoms.